The van der Waals surface area contributed by atoms with Crippen LogP contribution in [0, 0.1) is 0 Å². The number of aromatic nitrogens is 2. The molecule has 6 nitrogen and oxygen atoms in total. The molecule has 0 aliphatic rings. The quantitative estimate of drug-likeness (QED) is 0.252. The molecule has 0 aliphatic heterocycles. The fourth-order valence-electron chi connectivity index (χ4n) is 2.63. The maximum atomic E-state index is 10.1. The number of hydrogen-bond donors (Lipinski definition) is 1. The first-order chi connectivity index (χ1) is 12.5. The number of H-pyrrole nitrogens is 1. The van der Waals surface area contributed by atoms with Crippen LogP contribution in [0.5, 0.6) is 0 Å². The molecule has 0 fully saturated rings. The van der Waals surface area contributed by atoms with Crippen LogP contribution in [0.25, 0.3) is 11.0 Å². The van der Waals surface area contributed by atoms with Crippen molar-refractivity contribution in [3.05, 3.63) is 30.6 Å². The third-order valence-electron chi connectivity index (χ3n) is 4.05. The van der Waals surface area contributed by atoms with Gasteiger partial charge in [0.2, 0.25) is 10.4 Å². The topological polar surface area (TPSA) is 95.1 Å². The van der Waals surface area contributed by atoms with Crippen LogP contribution in [0.4, 0.5) is 0 Å². The molecule has 1 aromatic heterocycles. The zero-order chi connectivity index (χ0) is 19.1. The number of fused-ring (bicyclic) bond motifs is 1. The van der Waals surface area contributed by atoms with E-state index in [0.717, 1.165) is 23.9 Å². The van der Waals surface area contributed by atoms with Gasteiger partial charge in [0.05, 0.1) is 24.0 Å². The van der Waals surface area contributed by atoms with E-state index in [1.807, 2.05) is 24.3 Å². The first-order valence-corrected chi connectivity index (χ1v) is 10.8. The molecule has 0 bridgehead atoms. The number of imidazole rings is 1. The smallest absolute Gasteiger partial charge is 0.726 e. The molecular formula is C19H31N2NaO4S. The number of rotatable bonds is 12. The summed E-state index contributed by atoms with van der Waals surface area (Å²) < 4.78 is 34.5. The zero-order valence-corrected chi connectivity index (χ0v) is 19.5. The number of benzene rings is 1. The minimum absolute atomic E-state index is 0. The molecule has 1 N–H and O–H groups in total. The van der Waals surface area contributed by atoms with Gasteiger partial charge in [-0.05, 0) is 18.6 Å². The summed E-state index contributed by atoms with van der Waals surface area (Å²) in [6.45, 7) is 2.24. The molecule has 148 valence electrons. The van der Waals surface area contributed by atoms with Crippen molar-refractivity contribution in [2.75, 3.05) is 6.61 Å². The van der Waals surface area contributed by atoms with Crippen molar-refractivity contribution in [1.29, 1.82) is 0 Å². The Morgan fingerprint density at radius 2 is 1.52 bits per heavy atom. The Balaban J connectivity index is 0.000000560. The van der Waals surface area contributed by atoms with E-state index < -0.39 is 10.4 Å². The van der Waals surface area contributed by atoms with Crippen LogP contribution >= 0.6 is 0 Å². The van der Waals surface area contributed by atoms with Crippen LogP contribution < -0.4 is 29.6 Å². The van der Waals surface area contributed by atoms with Gasteiger partial charge >= 0.3 is 29.6 Å². The SMILES string of the molecule is CCCCCCCCCCCCOS(=O)(=O)[O-].[Na+].c1ccc2[nH]cnc2c1. The van der Waals surface area contributed by atoms with E-state index in [1.54, 1.807) is 6.33 Å². The minimum atomic E-state index is -4.48. The predicted molar refractivity (Wildman–Crippen MR) is 104 cm³/mol. The molecule has 0 amide bonds. The van der Waals surface area contributed by atoms with Gasteiger partial charge in [-0.15, -0.1) is 0 Å². The van der Waals surface area contributed by atoms with E-state index in [9.17, 15) is 13.0 Å². The zero-order valence-electron chi connectivity index (χ0n) is 16.7. The Hall–Kier alpha value is -0.440. The number of nitrogens with zero attached hydrogens (tertiary/aromatic N) is 1. The molecule has 27 heavy (non-hydrogen) atoms. The van der Waals surface area contributed by atoms with Crippen LogP contribution in [-0.2, 0) is 14.6 Å². The van der Waals surface area contributed by atoms with Crippen LogP contribution in [-0.4, -0.2) is 29.5 Å². The standard InChI is InChI=1S/C12H26O4S.C7H6N2.Na/c1-2-3-4-5-6-7-8-9-10-11-12-16-17(13,14)15;1-2-4-7-6(3-1)8-5-9-7;/h2-12H2,1H3,(H,13,14,15);1-5H,(H,8,9);/q;;+1/p-1. The molecule has 1 aromatic carbocycles. The van der Waals surface area contributed by atoms with Crippen molar-refractivity contribution >= 4 is 21.4 Å². The van der Waals surface area contributed by atoms with Gasteiger partial charge < -0.3 is 9.54 Å². The molecule has 0 atom stereocenters. The molecule has 0 saturated carbocycles. The molecular weight excluding hydrogens is 375 g/mol. The molecule has 0 spiro atoms. The molecule has 2 rings (SSSR count). The fraction of sp³-hybridized carbons (Fsp3) is 0.632. The van der Waals surface area contributed by atoms with Gasteiger partial charge in [0.1, 0.15) is 0 Å². The normalized spacial score (nSPS) is 10.9. The first-order valence-electron chi connectivity index (χ1n) is 9.51. The summed E-state index contributed by atoms with van der Waals surface area (Å²) in [5.41, 5.74) is 2.12. The Bertz CT molecular complexity index is 662. The monoisotopic (exact) mass is 406 g/mol. The predicted octanol–water partition coefficient (Wildman–Crippen LogP) is 1.95. The largest absolute Gasteiger partial charge is 1.00 e. The van der Waals surface area contributed by atoms with Crippen molar-refractivity contribution < 1.29 is 46.7 Å². The average molecular weight is 407 g/mol. The molecule has 0 radical (unpaired) electrons. The van der Waals surface area contributed by atoms with Gasteiger partial charge in [-0.2, -0.15) is 0 Å². The Morgan fingerprint density at radius 3 is 2.07 bits per heavy atom. The summed E-state index contributed by atoms with van der Waals surface area (Å²) in [6.07, 6.45) is 13.4. The van der Waals surface area contributed by atoms with Gasteiger partial charge in [-0.1, -0.05) is 76.8 Å². The second kappa shape index (κ2) is 16.5. The van der Waals surface area contributed by atoms with Crippen molar-refractivity contribution in [3.63, 3.8) is 0 Å². The van der Waals surface area contributed by atoms with Crippen LogP contribution in [0.15, 0.2) is 30.6 Å². The average Bonchev–Trinajstić information content (AvgIpc) is 3.08. The molecule has 1 heterocycles. The molecule has 0 aliphatic carbocycles. The number of nitrogens with one attached hydrogen (secondary N) is 1. The number of unbranched alkanes of at least 4 members (excludes halogenated alkanes) is 9. The van der Waals surface area contributed by atoms with Crippen LogP contribution in [0.2, 0.25) is 0 Å². The second-order valence-corrected chi connectivity index (χ2v) is 7.38. The third-order valence-corrected chi connectivity index (χ3v) is 4.51. The minimum Gasteiger partial charge on any atom is -0.726 e. The van der Waals surface area contributed by atoms with Crippen molar-refractivity contribution in [1.82, 2.24) is 9.97 Å². The van der Waals surface area contributed by atoms with Gasteiger partial charge in [0.25, 0.3) is 0 Å². The van der Waals surface area contributed by atoms with E-state index in [4.69, 9.17) is 0 Å². The Morgan fingerprint density at radius 1 is 0.963 bits per heavy atom. The summed E-state index contributed by atoms with van der Waals surface area (Å²) >= 11 is 0. The summed E-state index contributed by atoms with van der Waals surface area (Å²) in [5, 5.41) is 0. The number of para-hydroxylation sites is 2. The fourth-order valence-corrected chi connectivity index (χ4v) is 2.95. The van der Waals surface area contributed by atoms with Crippen molar-refractivity contribution in [2.24, 2.45) is 0 Å². The van der Waals surface area contributed by atoms with Gasteiger partial charge in [0, 0.05) is 0 Å². The summed E-state index contributed by atoms with van der Waals surface area (Å²) in [6, 6.07) is 7.94. The second-order valence-electron chi connectivity index (χ2n) is 6.33. The van der Waals surface area contributed by atoms with Gasteiger partial charge in [0.15, 0.2) is 0 Å². The molecule has 2 aromatic rings. The first kappa shape index (κ1) is 26.6. The van der Waals surface area contributed by atoms with Crippen molar-refractivity contribution in [2.45, 2.75) is 71.1 Å². The third kappa shape index (κ3) is 15.2. The van der Waals surface area contributed by atoms with E-state index in [0.29, 0.717) is 6.42 Å². The number of aromatic amines is 1. The van der Waals surface area contributed by atoms with Gasteiger partial charge in [-0.25, -0.2) is 13.4 Å². The summed E-state index contributed by atoms with van der Waals surface area (Å²) in [7, 11) is -4.48. The van der Waals surface area contributed by atoms with E-state index >= 15 is 0 Å². The Labute approximate surface area is 185 Å². The van der Waals surface area contributed by atoms with Gasteiger partial charge in [-0.3, -0.25) is 4.18 Å². The Kier molecular flexibility index (Phi) is 16.2. The van der Waals surface area contributed by atoms with Crippen molar-refractivity contribution in [3.8, 4) is 0 Å². The van der Waals surface area contributed by atoms with E-state index in [-0.39, 0.29) is 36.2 Å². The summed E-state index contributed by atoms with van der Waals surface area (Å²) in [5.74, 6) is 0. The maximum absolute atomic E-state index is 10.1. The molecule has 0 unspecified atom stereocenters. The van der Waals surface area contributed by atoms with E-state index in [1.165, 1.54) is 44.9 Å². The summed E-state index contributed by atoms with van der Waals surface area (Å²) in [4.78, 5) is 7.07. The molecule has 8 heteroatoms. The van der Waals surface area contributed by atoms with E-state index in [2.05, 4.69) is 21.1 Å². The van der Waals surface area contributed by atoms with Crippen LogP contribution in [0.1, 0.15) is 71.1 Å². The number of hydrogen-bond acceptors (Lipinski definition) is 5. The molecule has 0 saturated heterocycles. The van der Waals surface area contributed by atoms with Crippen LogP contribution in [0.3, 0.4) is 0 Å². The maximum Gasteiger partial charge on any atom is 1.00 e.